The van der Waals surface area contributed by atoms with Gasteiger partial charge in [0.1, 0.15) is 0 Å². The molecular formula is C14H21N3O2. The summed E-state index contributed by atoms with van der Waals surface area (Å²) in [6.07, 6.45) is 0.840. The highest BCUT2D eigenvalue weighted by Gasteiger charge is 2.19. The third-order valence-electron chi connectivity index (χ3n) is 3.18. The topological polar surface area (TPSA) is 84.2 Å². The van der Waals surface area contributed by atoms with Gasteiger partial charge < -0.3 is 16.4 Å². The second-order valence-electron chi connectivity index (χ2n) is 4.56. The Morgan fingerprint density at radius 3 is 2.63 bits per heavy atom. The van der Waals surface area contributed by atoms with Crippen LogP contribution in [0.3, 0.4) is 0 Å². The van der Waals surface area contributed by atoms with Crippen LogP contribution in [0.15, 0.2) is 24.3 Å². The van der Waals surface area contributed by atoms with Crippen molar-refractivity contribution in [1.29, 1.82) is 0 Å². The van der Waals surface area contributed by atoms with Crippen LogP contribution in [0.4, 0.5) is 5.69 Å². The SMILES string of the molecule is CC[C@H](C)[C@H](N)C(=O)Nc1cccc(C(=O)NC)c1. The maximum atomic E-state index is 11.9. The van der Waals surface area contributed by atoms with Crippen LogP contribution >= 0.6 is 0 Å². The van der Waals surface area contributed by atoms with E-state index in [1.165, 1.54) is 0 Å². The van der Waals surface area contributed by atoms with Gasteiger partial charge in [0.2, 0.25) is 5.91 Å². The van der Waals surface area contributed by atoms with E-state index in [4.69, 9.17) is 5.73 Å². The molecule has 0 aliphatic heterocycles. The molecule has 19 heavy (non-hydrogen) atoms. The maximum Gasteiger partial charge on any atom is 0.251 e. The van der Waals surface area contributed by atoms with Gasteiger partial charge in [-0.3, -0.25) is 9.59 Å². The first-order chi connectivity index (χ1) is 8.99. The molecule has 0 fully saturated rings. The zero-order valence-electron chi connectivity index (χ0n) is 11.6. The number of carbonyl (C=O) groups excluding carboxylic acids is 2. The van der Waals surface area contributed by atoms with Crippen LogP contribution in [0.25, 0.3) is 0 Å². The van der Waals surface area contributed by atoms with Crippen LogP contribution in [0.2, 0.25) is 0 Å². The van der Waals surface area contributed by atoms with Crippen molar-refractivity contribution in [2.75, 3.05) is 12.4 Å². The van der Waals surface area contributed by atoms with Crippen LogP contribution in [-0.2, 0) is 4.79 Å². The number of anilines is 1. The van der Waals surface area contributed by atoms with Crippen LogP contribution in [0.5, 0.6) is 0 Å². The molecule has 0 heterocycles. The molecule has 1 aromatic rings. The lowest BCUT2D eigenvalue weighted by Gasteiger charge is -2.17. The van der Waals surface area contributed by atoms with Gasteiger partial charge in [-0.1, -0.05) is 26.3 Å². The average molecular weight is 263 g/mol. The van der Waals surface area contributed by atoms with E-state index < -0.39 is 6.04 Å². The Bertz CT molecular complexity index is 460. The summed E-state index contributed by atoms with van der Waals surface area (Å²) in [6.45, 7) is 3.93. The summed E-state index contributed by atoms with van der Waals surface area (Å²) in [4.78, 5) is 23.4. The van der Waals surface area contributed by atoms with Crippen LogP contribution in [0.1, 0.15) is 30.6 Å². The molecule has 5 heteroatoms. The molecule has 0 radical (unpaired) electrons. The van der Waals surface area contributed by atoms with Crippen LogP contribution < -0.4 is 16.4 Å². The Balaban J connectivity index is 2.77. The van der Waals surface area contributed by atoms with Crippen molar-refractivity contribution < 1.29 is 9.59 Å². The van der Waals surface area contributed by atoms with Gasteiger partial charge in [-0.05, 0) is 24.1 Å². The lowest BCUT2D eigenvalue weighted by Crippen LogP contribution is -2.40. The van der Waals surface area contributed by atoms with E-state index in [0.29, 0.717) is 11.3 Å². The average Bonchev–Trinajstić information content (AvgIpc) is 2.44. The summed E-state index contributed by atoms with van der Waals surface area (Å²) in [5.41, 5.74) is 6.92. The van der Waals surface area contributed by atoms with Gasteiger partial charge >= 0.3 is 0 Å². The van der Waals surface area contributed by atoms with E-state index in [1.807, 2.05) is 13.8 Å². The summed E-state index contributed by atoms with van der Waals surface area (Å²) < 4.78 is 0. The zero-order valence-corrected chi connectivity index (χ0v) is 11.6. The molecule has 104 valence electrons. The smallest absolute Gasteiger partial charge is 0.251 e. The van der Waals surface area contributed by atoms with Crippen LogP contribution in [-0.4, -0.2) is 24.9 Å². The summed E-state index contributed by atoms with van der Waals surface area (Å²) in [5.74, 6) is -0.312. The van der Waals surface area contributed by atoms with Gasteiger partial charge in [-0.25, -0.2) is 0 Å². The highest BCUT2D eigenvalue weighted by atomic mass is 16.2. The van der Waals surface area contributed by atoms with Gasteiger partial charge in [0.25, 0.3) is 5.91 Å². The van der Waals surface area contributed by atoms with Gasteiger partial charge in [0.15, 0.2) is 0 Å². The summed E-state index contributed by atoms with van der Waals surface area (Å²) in [5, 5.41) is 5.27. The Hall–Kier alpha value is -1.88. The van der Waals surface area contributed by atoms with E-state index in [2.05, 4.69) is 10.6 Å². The standard InChI is InChI=1S/C14H21N3O2/c1-4-9(2)12(15)14(19)17-11-7-5-6-10(8-11)13(18)16-3/h5-9,12H,4,15H2,1-3H3,(H,16,18)(H,17,19)/t9-,12-/m0/s1. The Morgan fingerprint density at radius 1 is 1.37 bits per heavy atom. The molecule has 0 aliphatic carbocycles. The fourth-order valence-electron chi connectivity index (χ4n) is 1.62. The predicted molar refractivity (Wildman–Crippen MR) is 75.9 cm³/mol. The number of benzene rings is 1. The molecule has 0 bridgehead atoms. The number of rotatable bonds is 5. The third kappa shape index (κ3) is 4.06. The summed E-state index contributed by atoms with van der Waals surface area (Å²) in [7, 11) is 1.56. The molecule has 0 unspecified atom stereocenters. The van der Waals surface area contributed by atoms with Crippen molar-refractivity contribution >= 4 is 17.5 Å². The van der Waals surface area contributed by atoms with E-state index in [1.54, 1.807) is 31.3 Å². The first-order valence-corrected chi connectivity index (χ1v) is 6.38. The first-order valence-electron chi connectivity index (χ1n) is 6.38. The minimum Gasteiger partial charge on any atom is -0.355 e. The van der Waals surface area contributed by atoms with Crippen molar-refractivity contribution in [3.05, 3.63) is 29.8 Å². The molecule has 0 saturated heterocycles. The normalized spacial score (nSPS) is 13.5. The molecule has 2 amide bonds. The number of nitrogens with two attached hydrogens (primary N) is 1. The highest BCUT2D eigenvalue weighted by molar-refractivity contribution is 5.98. The van der Waals surface area contributed by atoms with E-state index in [9.17, 15) is 9.59 Å². The molecule has 0 aromatic heterocycles. The monoisotopic (exact) mass is 263 g/mol. The first kappa shape index (κ1) is 15.2. The molecule has 4 N–H and O–H groups in total. The van der Waals surface area contributed by atoms with Gasteiger partial charge in [0, 0.05) is 18.3 Å². The van der Waals surface area contributed by atoms with Gasteiger partial charge in [-0.15, -0.1) is 0 Å². The van der Waals surface area contributed by atoms with Crippen molar-refractivity contribution in [2.45, 2.75) is 26.3 Å². The second-order valence-corrected chi connectivity index (χ2v) is 4.56. The number of nitrogens with one attached hydrogen (secondary N) is 2. The Labute approximate surface area is 113 Å². The molecule has 1 rings (SSSR count). The fourth-order valence-corrected chi connectivity index (χ4v) is 1.62. The quantitative estimate of drug-likeness (QED) is 0.750. The molecule has 1 aromatic carbocycles. The highest BCUT2D eigenvalue weighted by Crippen LogP contribution is 2.13. The molecule has 0 saturated carbocycles. The van der Waals surface area contributed by atoms with Crippen molar-refractivity contribution in [3.63, 3.8) is 0 Å². The Kier molecular flexibility index (Phi) is 5.51. The molecule has 2 atom stereocenters. The maximum absolute atomic E-state index is 11.9. The minimum atomic E-state index is -0.548. The number of hydrogen-bond acceptors (Lipinski definition) is 3. The van der Waals surface area contributed by atoms with Gasteiger partial charge in [0.05, 0.1) is 6.04 Å². The van der Waals surface area contributed by atoms with Crippen molar-refractivity contribution in [1.82, 2.24) is 5.32 Å². The molecule has 0 aliphatic rings. The molecule has 5 nitrogen and oxygen atoms in total. The Morgan fingerprint density at radius 2 is 2.05 bits per heavy atom. The van der Waals surface area contributed by atoms with E-state index in [0.717, 1.165) is 6.42 Å². The molecule has 0 spiro atoms. The van der Waals surface area contributed by atoms with E-state index >= 15 is 0 Å². The minimum absolute atomic E-state index is 0.113. The number of hydrogen-bond donors (Lipinski definition) is 3. The number of amides is 2. The van der Waals surface area contributed by atoms with E-state index in [-0.39, 0.29) is 17.7 Å². The lowest BCUT2D eigenvalue weighted by atomic mass is 9.99. The fraction of sp³-hybridized carbons (Fsp3) is 0.429. The lowest BCUT2D eigenvalue weighted by molar-refractivity contribution is -0.118. The summed E-state index contributed by atoms with van der Waals surface area (Å²) >= 11 is 0. The van der Waals surface area contributed by atoms with Crippen LogP contribution in [0, 0.1) is 5.92 Å². The zero-order chi connectivity index (χ0) is 14.4. The molecular weight excluding hydrogens is 242 g/mol. The second kappa shape index (κ2) is 6.89. The largest absolute Gasteiger partial charge is 0.355 e. The third-order valence-corrected chi connectivity index (χ3v) is 3.18. The van der Waals surface area contributed by atoms with Crippen molar-refractivity contribution in [3.8, 4) is 0 Å². The van der Waals surface area contributed by atoms with Gasteiger partial charge in [-0.2, -0.15) is 0 Å². The summed E-state index contributed by atoms with van der Waals surface area (Å²) in [6, 6.07) is 6.21. The van der Waals surface area contributed by atoms with Crippen molar-refractivity contribution in [2.24, 2.45) is 11.7 Å². The predicted octanol–water partition coefficient (Wildman–Crippen LogP) is 1.36. The number of carbonyl (C=O) groups is 2.